The monoisotopic (exact) mass is 383 g/mol. The van der Waals surface area contributed by atoms with Crippen LogP contribution in [0.15, 0.2) is 24.3 Å². The molecular formula is C17H19F2N3O3S. The number of nitrogens with zero attached hydrogens (tertiary/aromatic N) is 2. The lowest BCUT2D eigenvalue weighted by molar-refractivity contribution is -0.111. The second kappa shape index (κ2) is 9.23. The molecule has 9 heteroatoms. The van der Waals surface area contributed by atoms with Gasteiger partial charge in [-0.15, -0.1) is 10.2 Å². The summed E-state index contributed by atoms with van der Waals surface area (Å²) in [5, 5.41) is 11.8. The fourth-order valence-corrected chi connectivity index (χ4v) is 2.68. The predicted octanol–water partition coefficient (Wildman–Crippen LogP) is 4.31. The van der Waals surface area contributed by atoms with Crippen LogP contribution in [0.25, 0.3) is 6.08 Å². The lowest BCUT2D eigenvalue weighted by Crippen LogP contribution is -2.07. The van der Waals surface area contributed by atoms with E-state index in [4.69, 9.17) is 4.74 Å². The average molecular weight is 383 g/mol. The number of benzene rings is 1. The number of hydrogen-bond donors (Lipinski definition) is 1. The Morgan fingerprint density at radius 3 is 2.69 bits per heavy atom. The summed E-state index contributed by atoms with van der Waals surface area (Å²) in [6, 6.07) is 4.44. The summed E-state index contributed by atoms with van der Waals surface area (Å²) in [7, 11) is 0. The fraction of sp³-hybridized carbons (Fsp3) is 0.353. The third-order valence-electron chi connectivity index (χ3n) is 3.08. The van der Waals surface area contributed by atoms with Gasteiger partial charge < -0.3 is 9.47 Å². The molecule has 6 nitrogen and oxygen atoms in total. The number of anilines is 1. The summed E-state index contributed by atoms with van der Waals surface area (Å²) in [6.07, 6.45) is 2.85. The number of nitrogens with one attached hydrogen (secondary N) is 1. The smallest absolute Gasteiger partial charge is 0.387 e. The van der Waals surface area contributed by atoms with Crippen molar-refractivity contribution < 1.29 is 23.0 Å². The molecule has 0 aliphatic heterocycles. The van der Waals surface area contributed by atoms with Crippen LogP contribution in [0.2, 0.25) is 0 Å². The van der Waals surface area contributed by atoms with Crippen LogP contribution >= 0.6 is 11.3 Å². The number of hydrogen-bond acceptors (Lipinski definition) is 6. The zero-order valence-electron chi connectivity index (χ0n) is 14.5. The van der Waals surface area contributed by atoms with Crippen molar-refractivity contribution in [2.45, 2.75) is 33.3 Å². The molecule has 0 spiro atoms. The molecule has 0 radical (unpaired) electrons. The van der Waals surface area contributed by atoms with Crippen molar-refractivity contribution in [1.29, 1.82) is 0 Å². The van der Waals surface area contributed by atoms with E-state index >= 15 is 0 Å². The Labute approximate surface area is 153 Å². The van der Waals surface area contributed by atoms with E-state index in [0.717, 1.165) is 5.01 Å². The molecular weight excluding hydrogens is 364 g/mol. The van der Waals surface area contributed by atoms with Crippen LogP contribution in [0.3, 0.4) is 0 Å². The molecule has 0 saturated carbocycles. The Balaban J connectivity index is 2.05. The SMILES string of the molecule is CCOc1cc(/C=C/C(=O)Nc2nnc(C(C)C)s2)ccc1OC(F)F. The first-order chi connectivity index (χ1) is 12.4. The Hall–Kier alpha value is -2.55. The molecule has 140 valence electrons. The van der Waals surface area contributed by atoms with Gasteiger partial charge in [0.1, 0.15) is 5.01 Å². The van der Waals surface area contributed by atoms with Crippen molar-refractivity contribution in [2.24, 2.45) is 0 Å². The van der Waals surface area contributed by atoms with Crippen LogP contribution in [-0.4, -0.2) is 29.3 Å². The quantitative estimate of drug-likeness (QED) is 0.688. The highest BCUT2D eigenvalue weighted by molar-refractivity contribution is 7.15. The van der Waals surface area contributed by atoms with Gasteiger partial charge in [0.25, 0.3) is 0 Å². The summed E-state index contributed by atoms with van der Waals surface area (Å²) in [5.74, 6) is -0.0124. The molecule has 2 rings (SSSR count). The van der Waals surface area contributed by atoms with Gasteiger partial charge in [0.05, 0.1) is 6.61 Å². The number of halogens is 2. The molecule has 1 N–H and O–H groups in total. The van der Waals surface area contributed by atoms with E-state index in [1.165, 1.54) is 35.6 Å². The molecule has 1 heterocycles. The highest BCUT2D eigenvalue weighted by Gasteiger charge is 2.12. The first-order valence-corrected chi connectivity index (χ1v) is 8.74. The molecule has 0 unspecified atom stereocenters. The van der Waals surface area contributed by atoms with Crippen LogP contribution in [0.1, 0.15) is 37.3 Å². The molecule has 0 fully saturated rings. The second-order valence-electron chi connectivity index (χ2n) is 5.44. The summed E-state index contributed by atoms with van der Waals surface area (Å²) >= 11 is 1.31. The van der Waals surface area contributed by atoms with Crippen molar-refractivity contribution in [2.75, 3.05) is 11.9 Å². The first kappa shape index (κ1) is 19.8. The van der Waals surface area contributed by atoms with Crippen molar-refractivity contribution in [3.8, 4) is 11.5 Å². The van der Waals surface area contributed by atoms with Crippen LogP contribution in [0.5, 0.6) is 11.5 Å². The Morgan fingerprint density at radius 2 is 2.08 bits per heavy atom. The van der Waals surface area contributed by atoms with Crippen molar-refractivity contribution in [3.05, 3.63) is 34.8 Å². The van der Waals surface area contributed by atoms with Gasteiger partial charge in [-0.05, 0) is 30.7 Å². The molecule has 1 aromatic carbocycles. The van der Waals surface area contributed by atoms with Crippen LogP contribution < -0.4 is 14.8 Å². The van der Waals surface area contributed by atoms with E-state index in [0.29, 0.717) is 17.3 Å². The second-order valence-corrected chi connectivity index (χ2v) is 6.45. The van der Waals surface area contributed by atoms with Gasteiger partial charge >= 0.3 is 6.61 Å². The molecule has 0 aliphatic carbocycles. The minimum absolute atomic E-state index is 0.0569. The summed E-state index contributed by atoms with van der Waals surface area (Å²) in [4.78, 5) is 12.0. The van der Waals surface area contributed by atoms with E-state index in [-0.39, 0.29) is 23.3 Å². The topological polar surface area (TPSA) is 73.3 Å². The molecule has 1 amide bonds. The number of aromatic nitrogens is 2. The number of ether oxygens (including phenoxy) is 2. The van der Waals surface area contributed by atoms with Crippen LogP contribution in [0.4, 0.5) is 13.9 Å². The zero-order valence-corrected chi connectivity index (χ0v) is 15.3. The highest BCUT2D eigenvalue weighted by atomic mass is 32.1. The lowest BCUT2D eigenvalue weighted by Gasteiger charge is -2.11. The van der Waals surface area contributed by atoms with Crippen molar-refractivity contribution in [3.63, 3.8) is 0 Å². The van der Waals surface area contributed by atoms with Gasteiger partial charge in [0.2, 0.25) is 11.0 Å². The molecule has 26 heavy (non-hydrogen) atoms. The van der Waals surface area contributed by atoms with Gasteiger partial charge in [-0.1, -0.05) is 31.3 Å². The lowest BCUT2D eigenvalue weighted by atomic mass is 10.2. The number of alkyl halides is 2. The Bertz CT molecular complexity index is 778. The zero-order chi connectivity index (χ0) is 19.1. The molecule has 0 aliphatic rings. The van der Waals surface area contributed by atoms with Gasteiger partial charge in [-0.25, -0.2) is 0 Å². The third kappa shape index (κ3) is 5.76. The van der Waals surface area contributed by atoms with E-state index in [1.54, 1.807) is 13.0 Å². The van der Waals surface area contributed by atoms with Crippen LogP contribution in [-0.2, 0) is 4.79 Å². The van der Waals surface area contributed by atoms with Gasteiger partial charge in [-0.2, -0.15) is 8.78 Å². The van der Waals surface area contributed by atoms with Crippen molar-refractivity contribution in [1.82, 2.24) is 10.2 Å². The van der Waals surface area contributed by atoms with Gasteiger partial charge in [-0.3, -0.25) is 10.1 Å². The Morgan fingerprint density at radius 1 is 1.31 bits per heavy atom. The van der Waals surface area contributed by atoms with E-state index in [9.17, 15) is 13.6 Å². The minimum Gasteiger partial charge on any atom is -0.490 e. The molecule has 2 aromatic rings. The maximum Gasteiger partial charge on any atom is 0.387 e. The predicted molar refractivity (Wildman–Crippen MR) is 95.9 cm³/mol. The number of carbonyl (C=O) groups is 1. The standard InChI is InChI=1S/C17H19F2N3O3S/c1-4-24-13-9-11(5-7-12(13)25-16(18)19)6-8-14(23)20-17-22-21-15(26-17)10(2)3/h5-10,16H,4H2,1-3H3,(H,20,22,23)/b8-6+. The van der Waals surface area contributed by atoms with E-state index in [1.807, 2.05) is 13.8 Å². The molecule has 0 atom stereocenters. The summed E-state index contributed by atoms with van der Waals surface area (Å²) in [6.45, 7) is 3.06. The molecule has 0 bridgehead atoms. The number of rotatable bonds is 8. The number of carbonyl (C=O) groups excluding carboxylic acids is 1. The number of amides is 1. The average Bonchev–Trinajstić information content (AvgIpc) is 3.03. The normalized spacial score (nSPS) is 11.3. The summed E-state index contributed by atoms with van der Waals surface area (Å²) < 4.78 is 34.5. The largest absolute Gasteiger partial charge is 0.490 e. The van der Waals surface area contributed by atoms with Gasteiger partial charge in [0.15, 0.2) is 11.5 Å². The molecule has 0 saturated heterocycles. The highest BCUT2D eigenvalue weighted by Crippen LogP contribution is 2.30. The first-order valence-electron chi connectivity index (χ1n) is 7.93. The minimum atomic E-state index is -2.94. The van der Waals surface area contributed by atoms with Gasteiger partial charge in [0, 0.05) is 12.0 Å². The maximum atomic E-state index is 12.4. The maximum absolute atomic E-state index is 12.4. The Kier molecular flexibility index (Phi) is 7.02. The van der Waals surface area contributed by atoms with E-state index in [2.05, 4.69) is 20.3 Å². The summed E-state index contributed by atoms with van der Waals surface area (Å²) in [5.41, 5.74) is 0.602. The van der Waals surface area contributed by atoms with E-state index < -0.39 is 6.61 Å². The van der Waals surface area contributed by atoms with Crippen LogP contribution in [0, 0.1) is 0 Å². The fourth-order valence-electron chi connectivity index (χ4n) is 1.93. The van der Waals surface area contributed by atoms with Crippen molar-refractivity contribution >= 4 is 28.5 Å². The third-order valence-corrected chi connectivity index (χ3v) is 4.21. The molecule has 1 aromatic heterocycles.